The Kier molecular flexibility index (Phi) is 9.42. The molecule has 0 aliphatic heterocycles. The van der Waals surface area contributed by atoms with Crippen LogP contribution in [0.4, 0.5) is 0 Å². The second-order valence-corrected chi connectivity index (χ2v) is 5.95. The standard InChI is InChI=1S/C15H23N7OS.HI/c1-4-16-15(19-9-12-5-6-21-22(12)3)18-8-7-17-14(23)13-11(2)20-10-24-13;/h5-6,10H,4,7-9H2,1-3H3,(H,17,23)(H2,16,18,19);1H. The molecule has 0 aliphatic carbocycles. The topological polar surface area (TPSA) is 96.2 Å². The molecule has 0 unspecified atom stereocenters. The molecular weight excluding hydrogens is 453 g/mol. The molecule has 2 rings (SSSR count). The number of rotatable bonds is 7. The summed E-state index contributed by atoms with van der Waals surface area (Å²) in [5, 5.41) is 13.4. The Morgan fingerprint density at radius 3 is 2.68 bits per heavy atom. The highest BCUT2D eigenvalue weighted by Crippen LogP contribution is 2.11. The van der Waals surface area contributed by atoms with E-state index in [1.54, 1.807) is 16.4 Å². The lowest BCUT2D eigenvalue weighted by Crippen LogP contribution is -2.41. The summed E-state index contributed by atoms with van der Waals surface area (Å²) >= 11 is 1.35. The summed E-state index contributed by atoms with van der Waals surface area (Å²) in [6.07, 6.45) is 1.75. The van der Waals surface area contributed by atoms with Gasteiger partial charge in [0.05, 0.1) is 23.4 Å². The van der Waals surface area contributed by atoms with Gasteiger partial charge in [-0.1, -0.05) is 0 Å². The first-order chi connectivity index (χ1) is 11.6. The van der Waals surface area contributed by atoms with Crippen molar-refractivity contribution in [1.82, 2.24) is 30.7 Å². The zero-order chi connectivity index (χ0) is 17.4. The van der Waals surface area contributed by atoms with E-state index in [0.29, 0.717) is 30.5 Å². The Hall–Kier alpha value is -1.69. The average Bonchev–Trinajstić information content (AvgIpc) is 3.17. The third-order valence-corrected chi connectivity index (χ3v) is 4.25. The number of hydrogen-bond acceptors (Lipinski definition) is 5. The zero-order valence-electron chi connectivity index (χ0n) is 14.6. The molecule has 8 nitrogen and oxygen atoms in total. The number of nitrogens with zero attached hydrogens (tertiary/aromatic N) is 4. The predicted octanol–water partition coefficient (Wildman–Crippen LogP) is 1.29. The monoisotopic (exact) mass is 477 g/mol. The van der Waals surface area contributed by atoms with E-state index in [-0.39, 0.29) is 29.9 Å². The maximum absolute atomic E-state index is 12.0. The van der Waals surface area contributed by atoms with E-state index in [1.807, 2.05) is 27.0 Å². The van der Waals surface area contributed by atoms with Gasteiger partial charge in [0, 0.05) is 32.9 Å². The lowest BCUT2D eigenvalue weighted by molar-refractivity contribution is 0.0957. The fourth-order valence-corrected chi connectivity index (χ4v) is 2.73. The molecule has 3 N–H and O–H groups in total. The van der Waals surface area contributed by atoms with Crippen molar-refractivity contribution in [2.24, 2.45) is 12.0 Å². The number of hydrogen-bond donors (Lipinski definition) is 3. The number of aryl methyl sites for hydroxylation is 2. The van der Waals surface area contributed by atoms with Crippen LogP contribution in [0.5, 0.6) is 0 Å². The van der Waals surface area contributed by atoms with Gasteiger partial charge >= 0.3 is 0 Å². The Labute approximate surface area is 168 Å². The van der Waals surface area contributed by atoms with E-state index in [9.17, 15) is 4.79 Å². The number of aliphatic imine (C=N–C) groups is 1. The molecule has 1 amide bonds. The largest absolute Gasteiger partial charge is 0.357 e. The van der Waals surface area contributed by atoms with Crippen LogP contribution >= 0.6 is 35.3 Å². The molecule has 0 aliphatic rings. The Morgan fingerprint density at radius 1 is 1.32 bits per heavy atom. The molecule has 0 radical (unpaired) electrons. The van der Waals surface area contributed by atoms with Crippen molar-refractivity contribution in [3.8, 4) is 0 Å². The number of nitrogens with one attached hydrogen (secondary N) is 3. The second-order valence-electron chi connectivity index (χ2n) is 5.09. The molecule has 2 heterocycles. The summed E-state index contributed by atoms with van der Waals surface area (Å²) in [5.74, 6) is 0.621. The minimum absolute atomic E-state index is 0. The molecule has 10 heteroatoms. The van der Waals surface area contributed by atoms with Crippen molar-refractivity contribution in [2.45, 2.75) is 20.4 Å². The summed E-state index contributed by atoms with van der Waals surface area (Å²) in [4.78, 5) is 21.2. The Balaban J connectivity index is 0.00000312. The summed E-state index contributed by atoms with van der Waals surface area (Å²) in [7, 11) is 1.89. The van der Waals surface area contributed by atoms with Crippen LogP contribution in [0.3, 0.4) is 0 Å². The summed E-state index contributed by atoms with van der Waals surface area (Å²) in [6, 6.07) is 1.94. The van der Waals surface area contributed by atoms with E-state index < -0.39 is 0 Å². The SMILES string of the molecule is CCNC(=NCc1ccnn1C)NCCNC(=O)c1scnc1C.I. The van der Waals surface area contributed by atoms with Crippen molar-refractivity contribution >= 4 is 47.2 Å². The summed E-state index contributed by atoms with van der Waals surface area (Å²) in [5.41, 5.74) is 3.47. The van der Waals surface area contributed by atoms with Crippen LogP contribution in [0.2, 0.25) is 0 Å². The normalized spacial score (nSPS) is 10.9. The summed E-state index contributed by atoms with van der Waals surface area (Å²) in [6.45, 7) is 6.24. The van der Waals surface area contributed by atoms with Gasteiger partial charge in [0.25, 0.3) is 5.91 Å². The highest BCUT2D eigenvalue weighted by atomic mass is 127. The maximum atomic E-state index is 12.0. The van der Waals surface area contributed by atoms with E-state index in [2.05, 4.69) is 31.0 Å². The average molecular weight is 477 g/mol. The first kappa shape index (κ1) is 21.4. The van der Waals surface area contributed by atoms with E-state index in [4.69, 9.17) is 0 Å². The van der Waals surface area contributed by atoms with Crippen molar-refractivity contribution in [1.29, 1.82) is 0 Å². The summed E-state index contributed by atoms with van der Waals surface area (Å²) < 4.78 is 1.80. The fourth-order valence-electron chi connectivity index (χ4n) is 2.02. The van der Waals surface area contributed by atoms with Crippen molar-refractivity contribution in [3.05, 3.63) is 34.0 Å². The van der Waals surface area contributed by atoms with Gasteiger partial charge in [-0.15, -0.1) is 35.3 Å². The van der Waals surface area contributed by atoms with E-state index in [0.717, 1.165) is 17.9 Å². The molecule has 2 aromatic rings. The van der Waals surface area contributed by atoms with Crippen LogP contribution in [0.1, 0.15) is 28.0 Å². The quantitative estimate of drug-likeness (QED) is 0.242. The van der Waals surface area contributed by atoms with Crippen LogP contribution < -0.4 is 16.0 Å². The number of guanidine groups is 1. The maximum Gasteiger partial charge on any atom is 0.263 e. The number of carbonyl (C=O) groups excluding carboxylic acids is 1. The van der Waals surface area contributed by atoms with Crippen molar-refractivity contribution in [2.75, 3.05) is 19.6 Å². The molecule has 0 atom stereocenters. The lowest BCUT2D eigenvalue weighted by atomic mass is 10.4. The number of thiazole rings is 1. The molecule has 0 spiro atoms. The van der Waals surface area contributed by atoms with Crippen LogP contribution in [0, 0.1) is 6.92 Å². The first-order valence-electron chi connectivity index (χ1n) is 7.79. The molecule has 0 aromatic carbocycles. The van der Waals surface area contributed by atoms with Crippen molar-refractivity contribution < 1.29 is 4.79 Å². The van der Waals surface area contributed by atoms with Gasteiger partial charge < -0.3 is 16.0 Å². The van der Waals surface area contributed by atoms with Gasteiger partial charge in [-0.3, -0.25) is 9.48 Å². The number of halogens is 1. The van der Waals surface area contributed by atoms with Crippen molar-refractivity contribution in [3.63, 3.8) is 0 Å². The first-order valence-corrected chi connectivity index (χ1v) is 8.67. The molecule has 138 valence electrons. The highest BCUT2D eigenvalue weighted by Gasteiger charge is 2.10. The lowest BCUT2D eigenvalue weighted by Gasteiger charge is -2.11. The van der Waals surface area contributed by atoms with Crippen LogP contribution in [-0.4, -0.2) is 46.3 Å². The molecule has 25 heavy (non-hydrogen) atoms. The fraction of sp³-hybridized carbons (Fsp3) is 0.467. The van der Waals surface area contributed by atoms with E-state index in [1.165, 1.54) is 11.3 Å². The van der Waals surface area contributed by atoms with Gasteiger partial charge in [-0.05, 0) is 19.9 Å². The Bertz CT molecular complexity index is 698. The molecule has 0 saturated carbocycles. The minimum Gasteiger partial charge on any atom is -0.357 e. The molecule has 0 bridgehead atoms. The smallest absolute Gasteiger partial charge is 0.263 e. The van der Waals surface area contributed by atoms with Crippen LogP contribution in [0.15, 0.2) is 22.8 Å². The molecule has 2 aromatic heterocycles. The predicted molar refractivity (Wildman–Crippen MR) is 111 cm³/mol. The van der Waals surface area contributed by atoms with Gasteiger partial charge in [-0.2, -0.15) is 5.10 Å². The second kappa shape index (κ2) is 11.0. The van der Waals surface area contributed by atoms with Gasteiger partial charge in [0.1, 0.15) is 4.88 Å². The van der Waals surface area contributed by atoms with Gasteiger partial charge in [0.15, 0.2) is 5.96 Å². The number of aromatic nitrogens is 3. The zero-order valence-corrected chi connectivity index (χ0v) is 17.7. The Morgan fingerprint density at radius 2 is 2.08 bits per heavy atom. The number of carbonyl (C=O) groups is 1. The minimum atomic E-state index is -0.0892. The van der Waals surface area contributed by atoms with Gasteiger partial charge in [0.2, 0.25) is 0 Å². The molecular formula is C15H24IN7OS. The third kappa shape index (κ3) is 6.61. The van der Waals surface area contributed by atoms with Crippen LogP contribution in [0.25, 0.3) is 0 Å². The molecule has 0 saturated heterocycles. The highest BCUT2D eigenvalue weighted by molar-refractivity contribution is 14.0. The van der Waals surface area contributed by atoms with Crippen LogP contribution in [-0.2, 0) is 13.6 Å². The van der Waals surface area contributed by atoms with Gasteiger partial charge in [-0.25, -0.2) is 9.98 Å². The molecule has 0 fully saturated rings. The third-order valence-electron chi connectivity index (χ3n) is 3.32. The number of amides is 1. The van der Waals surface area contributed by atoms with E-state index >= 15 is 0 Å².